The van der Waals surface area contributed by atoms with Crippen LogP contribution in [0.25, 0.3) is 0 Å². The van der Waals surface area contributed by atoms with Crippen molar-refractivity contribution >= 4 is 47.2 Å². The third-order valence-electron chi connectivity index (χ3n) is 8.30. The third kappa shape index (κ3) is 9.31. The molecule has 0 unspecified atom stereocenters. The van der Waals surface area contributed by atoms with Gasteiger partial charge in [-0.25, -0.2) is 0 Å². The van der Waals surface area contributed by atoms with E-state index in [0.717, 1.165) is 0 Å². The molecule has 2 aromatic rings. The van der Waals surface area contributed by atoms with Crippen LogP contribution in [0.5, 0.6) is 0 Å². The Labute approximate surface area is 278 Å². The van der Waals surface area contributed by atoms with Crippen LogP contribution < -0.4 is 26.6 Å². The van der Waals surface area contributed by atoms with Gasteiger partial charge in [-0.1, -0.05) is 44.2 Å². The zero-order valence-corrected chi connectivity index (χ0v) is 27.8. The van der Waals surface area contributed by atoms with Crippen LogP contribution in [-0.4, -0.2) is 94.1 Å². The van der Waals surface area contributed by atoms with Gasteiger partial charge in [0.1, 0.15) is 24.2 Å². The predicted octanol–water partition coefficient (Wildman–Crippen LogP) is 0.926. The molecule has 1 aromatic heterocycles. The number of hydrogen-bond acceptors (Lipinski definition) is 8. The van der Waals surface area contributed by atoms with Crippen molar-refractivity contribution in [3.63, 3.8) is 0 Å². The zero-order chi connectivity index (χ0) is 34.1. The smallest absolute Gasteiger partial charge is 0.253 e. The van der Waals surface area contributed by atoms with Crippen molar-refractivity contribution in [3.05, 3.63) is 66.0 Å². The molecule has 6 atom stereocenters. The fourth-order valence-corrected chi connectivity index (χ4v) is 6.17. The van der Waals surface area contributed by atoms with E-state index in [1.165, 1.54) is 29.8 Å². The Balaban J connectivity index is 1.67. The van der Waals surface area contributed by atoms with E-state index in [2.05, 4.69) is 31.6 Å². The molecular formula is C33H43N7O6S. The summed E-state index contributed by atoms with van der Waals surface area (Å²) in [5.74, 6) is -2.80. The summed E-state index contributed by atoms with van der Waals surface area (Å²) in [6.07, 6.45) is 5.11. The summed E-state index contributed by atoms with van der Waals surface area (Å²) in [5.41, 5.74) is 1.01. The molecule has 0 spiro atoms. The first kappa shape index (κ1) is 35.4. The SMILES string of the molecule is CSCC[C@@H]1NC(=O)C[C@@H](c2ccccc2)NC(=O)[C@H](C)NC(=O)[C@@H]2C[C@H](NC(=O)c3cccnc3)CN2C(=O)[C@H](C(C)C)NC1=O. The van der Waals surface area contributed by atoms with E-state index >= 15 is 0 Å². The van der Waals surface area contributed by atoms with Crippen molar-refractivity contribution in [2.75, 3.05) is 18.6 Å². The molecular weight excluding hydrogens is 622 g/mol. The fraction of sp³-hybridized carbons (Fsp3) is 0.485. The molecule has 47 heavy (non-hydrogen) atoms. The normalized spacial score (nSPS) is 26.1. The molecule has 4 rings (SSSR count). The Morgan fingerprint density at radius 2 is 1.72 bits per heavy atom. The average molecular weight is 666 g/mol. The van der Waals surface area contributed by atoms with E-state index in [9.17, 15) is 28.8 Å². The highest BCUT2D eigenvalue weighted by molar-refractivity contribution is 7.98. The van der Waals surface area contributed by atoms with Gasteiger partial charge in [0, 0.05) is 25.0 Å². The minimum Gasteiger partial charge on any atom is -0.347 e. The number of nitrogens with one attached hydrogen (secondary N) is 5. The molecule has 3 heterocycles. The van der Waals surface area contributed by atoms with Gasteiger partial charge in [-0.15, -0.1) is 0 Å². The van der Waals surface area contributed by atoms with E-state index in [-0.39, 0.29) is 25.3 Å². The molecule has 2 fully saturated rings. The molecule has 0 saturated carbocycles. The summed E-state index contributed by atoms with van der Waals surface area (Å²) in [7, 11) is 0. The zero-order valence-electron chi connectivity index (χ0n) is 27.0. The second kappa shape index (κ2) is 16.4. The molecule has 2 saturated heterocycles. The lowest BCUT2D eigenvalue weighted by atomic mass is 10.0. The van der Waals surface area contributed by atoms with E-state index < -0.39 is 71.7 Å². The van der Waals surface area contributed by atoms with Crippen molar-refractivity contribution in [1.82, 2.24) is 36.5 Å². The Bertz CT molecular complexity index is 1440. The van der Waals surface area contributed by atoms with Crippen LogP contribution in [0.4, 0.5) is 0 Å². The molecule has 6 amide bonds. The highest BCUT2D eigenvalue weighted by Crippen LogP contribution is 2.23. The maximum absolute atomic E-state index is 14.1. The lowest BCUT2D eigenvalue weighted by Gasteiger charge is -2.32. The fourth-order valence-electron chi connectivity index (χ4n) is 5.70. The van der Waals surface area contributed by atoms with Gasteiger partial charge in [-0.3, -0.25) is 33.8 Å². The molecule has 13 nitrogen and oxygen atoms in total. The van der Waals surface area contributed by atoms with Crippen molar-refractivity contribution in [1.29, 1.82) is 0 Å². The lowest BCUT2D eigenvalue weighted by molar-refractivity contribution is -0.143. The number of rotatable bonds is 7. The van der Waals surface area contributed by atoms with E-state index in [1.807, 2.05) is 12.3 Å². The number of carbonyl (C=O) groups is 6. The number of nitrogens with zero attached hydrogens (tertiary/aromatic N) is 2. The van der Waals surface area contributed by atoms with Crippen molar-refractivity contribution in [3.8, 4) is 0 Å². The molecule has 5 N–H and O–H groups in total. The topological polar surface area (TPSA) is 179 Å². The maximum Gasteiger partial charge on any atom is 0.253 e. The van der Waals surface area contributed by atoms with Gasteiger partial charge >= 0.3 is 0 Å². The highest BCUT2D eigenvalue weighted by Gasteiger charge is 2.44. The van der Waals surface area contributed by atoms with E-state index in [1.54, 1.807) is 56.4 Å². The van der Waals surface area contributed by atoms with Crippen LogP contribution >= 0.6 is 11.8 Å². The van der Waals surface area contributed by atoms with Crippen LogP contribution in [0, 0.1) is 5.92 Å². The summed E-state index contributed by atoms with van der Waals surface area (Å²) >= 11 is 1.51. The third-order valence-corrected chi connectivity index (χ3v) is 8.94. The molecule has 14 heteroatoms. The van der Waals surface area contributed by atoms with Crippen LogP contribution in [0.2, 0.25) is 0 Å². The maximum atomic E-state index is 14.1. The van der Waals surface area contributed by atoms with Gasteiger partial charge in [0.25, 0.3) is 5.91 Å². The average Bonchev–Trinajstić information content (AvgIpc) is 3.48. The van der Waals surface area contributed by atoms with Gasteiger partial charge in [0.15, 0.2) is 0 Å². The number of pyridine rings is 1. The number of fused-ring (bicyclic) bond motifs is 1. The summed E-state index contributed by atoms with van der Waals surface area (Å²) < 4.78 is 0. The number of hydrogen-bond donors (Lipinski definition) is 5. The Morgan fingerprint density at radius 3 is 2.38 bits per heavy atom. The quantitative estimate of drug-likeness (QED) is 0.290. The molecule has 2 aliphatic rings. The number of amides is 6. The summed E-state index contributed by atoms with van der Waals surface area (Å²) in [4.78, 5) is 86.6. The van der Waals surface area contributed by atoms with Gasteiger partial charge < -0.3 is 31.5 Å². The van der Waals surface area contributed by atoms with Gasteiger partial charge in [-0.05, 0) is 55.4 Å². The first-order chi connectivity index (χ1) is 22.5. The predicted molar refractivity (Wildman–Crippen MR) is 177 cm³/mol. The molecule has 252 valence electrons. The number of benzene rings is 1. The summed E-state index contributed by atoms with van der Waals surface area (Å²) in [6.45, 7) is 5.09. The highest BCUT2D eigenvalue weighted by atomic mass is 32.2. The first-order valence-corrected chi connectivity index (χ1v) is 17.1. The monoisotopic (exact) mass is 665 g/mol. The number of aromatic nitrogens is 1. The second-order valence-corrected chi connectivity index (χ2v) is 13.2. The molecule has 1 aromatic carbocycles. The number of carbonyl (C=O) groups excluding carboxylic acids is 6. The van der Waals surface area contributed by atoms with E-state index in [4.69, 9.17) is 0 Å². The Kier molecular flexibility index (Phi) is 12.3. The molecule has 0 bridgehead atoms. The second-order valence-electron chi connectivity index (χ2n) is 12.2. The molecule has 0 aliphatic carbocycles. The van der Waals surface area contributed by atoms with Crippen molar-refractivity contribution in [2.45, 2.75) is 76.3 Å². The van der Waals surface area contributed by atoms with Gasteiger partial charge in [0.2, 0.25) is 29.5 Å². The summed E-state index contributed by atoms with van der Waals surface area (Å²) in [6, 6.07) is 6.88. The number of thioether (sulfide) groups is 1. The van der Waals surface area contributed by atoms with Crippen LogP contribution in [0.15, 0.2) is 54.9 Å². The van der Waals surface area contributed by atoms with Gasteiger partial charge in [-0.2, -0.15) is 11.8 Å². The standard InChI is InChI=1S/C33H43N7O6S/c1-19(2)28-33(46)40-18-23(36-30(43)22-11-8-13-34-17-22)15-26(40)32(45)35-20(3)29(42)38-25(21-9-6-5-7-10-21)16-27(41)37-24(12-14-47-4)31(44)39-28/h5-11,13,17,19-20,23-26,28H,12,14-16,18H2,1-4H3,(H,35,45)(H,36,43)(H,37,41)(H,38,42)(H,39,44)/t20-,23-,24-,25-,26-,28-/m0/s1. The van der Waals surface area contributed by atoms with Crippen LogP contribution in [0.1, 0.15) is 62.0 Å². The Morgan fingerprint density at radius 1 is 0.979 bits per heavy atom. The van der Waals surface area contributed by atoms with E-state index in [0.29, 0.717) is 23.3 Å². The van der Waals surface area contributed by atoms with Crippen molar-refractivity contribution in [2.24, 2.45) is 5.92 Å². The Hall–Kier alpha value is -4.46. The van der Waals surface area contributed by atoms with Gasteiger partial charge in [0.05, 0.1) is 18.0 Å². The largest absolute Gasteiger partial charge is 0.347 e. The molecule has 2 aliphatic heterocycles. The first-order valence-electron chi connectivity index (χ1n) is 15.7. The van der Waals surface area contributed by atoms with Crippen molar-refractivity contribution < 1.29 is 28.8 Å². The minimum atomic E-state index is -1.03. The van der Waals surface area contributed by atoms with Crippen LogP contribution in [-0.2, 0) is 24.0 Å². The minimum absolute atomic E-state index is 0.00527. The lowest BCUT2D eigenvalue weighted by Crippen LogP contribution is -2.59. The van der Waals surface area contributed by atoms with Crippen LogP contribution in [0.3, 0.4) is 0 Å². The molecule has 0 radical (unpaired) electrons. The summed E-state index contributed by atoms with van der Waals surface area (Å²) in [5, 5.41) is 14.1.